The molecule has 0 aliphatic heterocycles. The topological polar surface area (TPSA) is 55.1 Å². The van der Waals surface area contributed by atoms with Crippen molar-refractivity contribution in [1.29, 1.82) is 0 Å². The molecular formula is C13H17FN2OS. The Morgan fingerprint density at radius 3 is 2.78 bits per heavy atom. The second-order valence-electron chi connectivity index (χ2n) is 4.66. The highest BCUT2D eigenvalue weighted by Gasteiger charge is 2.36. The highest BCUT2D eigenvalue weighted by Crippen LogP contribution is 2.42. The monoisotopic (exact) mass is 268 g/mol. The van der Waals surface area contributed by atoms with Crippen LogP contribution in [0.15, 0.2) is 18.2 Å². The normalized spacial score (nSPS) is 17.0. The van der Waals surface area contributed by atoms with Crippen molar-refractivity contribution in [3.63, 3.8) is 0 Å². The second-order valence-corrected chi connectivity index (χ2v) is 5.93. The number of amides is 1. The number of carbonyl (C=O) groups is 1. The van der Waals surface area contributed by atoms with Crippen LogP contribution in [0.25, 0.3) is 0 Å². The van der Waals surface area contributed by atoms with Crippen LogP contribution in [0, 0.1) is 5.82 Å². The number of nitrogen functional groups attached to an aromatic ring is 1. The minimum atomic E-state index is -0.550. The summed E-state index contributed by atoms with van der Waals surface area (Å²) in [5, 5.41) is 2.87. The van der Waals surface area contributed by atoms with E-state index < -0.39 is 5.82 Å². The predicted molar refractivity (Wildman–Crippen MR) is 73.2 cm³/mol. The zero-order valence-corrected chi connectivity index (χ0v) is 11.1. The number of halogens is 1. The largest absolute Gasteiger partial charge is 0.396 e. The fraction of sp³-hybridized carbons (Fsp3) is 0.462. The van der Waals surface area contributed by atoms with E-state index in [-0.39, 0.29) is 16.3 Å². The average Bonchev–Trinajstić information content (AvgIpc) is 2.31. The van der Waals surface area contributed by atoms with Crippen molar-refractivity contribution in [2.45, 2.75) is 24.0 Å². The molecule has 18 heavy (non-hydrogen) atoms. The van der Waals surface area contributed by atoms with E-state index >= 15 is 0 Å². The summed E-state index contributed by atoms with van der Waals surface area (Å²) in [6.07, 6.45) is 5.54. The molecule has 1 aliphatic rings. The molecule has 0 atom stereocenters. The van der Waals surface area contributed by atoms with E-state index in [1.165, 1.54) is 18.6 Å². The van der Waals surface area contributed by atoms with Crippen molar-refractivity contribution in [2.75, 3.05) is 18.5 Å². The van der Waals surface area contributed by atoms with Crippen molar-refractivity contribution in [3.8, 4) is 0 Å². The molecule has 0 unspecified atom stereocenters. The van der Waals surface area contributed by atoms with Gasteiger partial charge in [-0.1, -0.05) is 6.42 Å². The van der Waals surface area contributed by atoms with Gasteiger partial charge in [-0.05, 0) is 37.3 Å². The average molecular weight is 268 g/mol. The van der Waals surface area contributed by atoms with Crippen LogP contribution < -0.4 is 11.1 Å². The standard InChI is InChI=1S/C13H17FN2OS/c1-18-13(5-2-6-13)8-16-12(17)9-3-4-11(15)10(14)7-9/h3-4,7H,2,5-6,8,15H2,1H3,(H,16,17). The van der Waals surface area contributed by atoms with Crippen molar-refractivity contribution in [2.24, 2.45) is 0 Å². The molecule has 3 nitrogen and oxygen atoms in total. The summed E-state index contributed by atoms with van der Waals surface area (Å²) in [6.45, 7) is 0.638. The lowest BCUT2D eigenvalue weighted by Gasteiger charge is -2.40. The lowest BCUT2D eigenvalue weighted by Crippen LogP contribution is -2.45. The Bertz CT molecular complexity index is 455. The van der Waals surface area contributed by atoms with Gasteiger partial charge in [-0.25, -0.2) is 4.39 Å². The number of thioether (sulfide) groups is 1. The molecule has 0 heterocycles. The highest BCUT2D eigenvalue weighted by atomic mass is 32.2. The predicted octanol–water partition coefficient (Wildman–Crippen LogP) is 2.42. The third-order valence-corrected chi connectivity index (χ3v) is 4.95. The minimum absolute atomic E-state index is 0.0612. The summed E-state index contributed by atoms with van der Waals surface area (Å²) in [7, 11) is 0. The maximum Gasteiger partial charge on any atom is 0.251 e. The number of rotatable bonds is 4. The summed E-state index contributed by atoms with van der Waals surface area (Å²) in [4.78, 5) is 11.9. The van der Waals surface area contributed by atoms with E-state index in [1.807, 2.05) is 0 Å². The molecule has 0 saturated heterocycles. The third kappa shape index (κ3) is 2.61. The van der Waals surface area contributed by atoms with E-state index in [0.717, 1.165) is 12.8 Å². The molecular weight excluding hydrogens is 251 g/mol. The number of benzene rings is 1. The van der Waals surface area contributed by atoms with E-state index in [0.29, 0.717) is 12.1 Å². The molecule has 3 N–H and O–H groups in total. The lowest BCUT2D eigenvalue weighted by atomic mass is 9.84. The van der Waals surface area contributed by atoms with Crippen LogP contribution >= 0.6 is 11.8 Å². The Morgan fingerprint density at radius 1 is 1.56 bits per heavy atom. The van der Waals surface area contributed by atoms with Gasteiger partial charge in [0.05, 0.1) is 5.69 Å². The Balaban J connectivity index is 1.97. The van der Waals surface area contributed by atoms with Gasteiger partial charge in [-0.2, -0.15) is 11.8 Å². The van der Waals surface area contributed by atoms with Crippen molar-refractivity contribution in [1.82, 2.24) is 5.32 Å². The van der Waals surface area contributed by atoms with E-state index in [2.05, 4.69) is 11.6 Å². The zero-order chi connectivity index (χ0) is 13.2. The van der Waals surface area contributed by atoms with Crippen LogP contribution in [-0.4, -0.2) is 23.5 Å². The number of hydrogen-bond acceptors (Lipinski definition) is 3. The Kier molecular flexibility index (Phi) is 3.80. The number of nitrogens with two attached hydrogens (primary N) is 1. The van der Waals surface area contributed by atoms with Gasteiger partial charge in [-0.15, -0.1) is 0 Å². The first-order valence-electron chi connectivity index (χ1n) is 5.95. The molecule has 5 heteroatoms. The Labute approximate surface area is 110 Å². The van der Waals surface area contributed by atoms with Gasteiger partial charge in [0.25, 0.3) is 5.91 Å². The minimum Gasteiger partial charge on any atom is -0.396 e. The van der Waals surface area contributed by atoms with Gasteiger partial charge in [0.2, 0.25) is 0 Å². The first kappa shape index (κ1) is 13.2. The molecule has 0 spiro atoms. The summed E-state index contributed by atoms with van der Waals surface area (Å²) in [5.74, 6) is -0.792. The first-order valence-corrected chi connectivity index (χ1v) is 7.17. The Morgan fingerprint density at radius 2 is 2.28 bits per heavy atom. The summed E-state index contributed by atoms with van der Waals surface area (Å²) in [6, 6.07) is 4.13. The van der Waals surface area contributed by atoms with Crippen molar-refractivity contribution < 1.29 is 9.18 Å². The second kappa shape index (κ2) is 5.18. The molecule has 1 aliphatic carbocycles. The van der Waals surface area contributed by atoms with Crippen molar-refractivity contribution in [3.05, 3.63) is 29.6 Å². The fourth-order valence-corrected chi connectivity index (χ4v) is 2.95. The van der Waals surface area contributed by atoms with Gasteiger partial charge in [0.1, 0.15) is 5.82 Å². The van der Waals surface area contributed by atoms with Crippen LogP contribution in [0.2, 0.25) is 0 Å². The van der Waals surface area contributed by atoms with E-state index in [9.17, 15) is 9.18 Å². The molecule has 1 aromatic carbocycles. The quantitative estimate of drug-likeness (QED) is 0.825. The summed E-state index contributed by atoms with van der Waals surface area (Å²) in [5.41, 5.74) is 5.75. The van der Waals surface area contributed by atoms with E-state index in [1.54, 1.807) is 17.8 Å². The van der Waals surface area contributed by atoms with Crippen molar-refractivity contribution >= 4 is 23.4 Å². The third-order valence-electron chi connectivity index (χ3n) is 3.53. The first-order chi connectivity index (χ1) is 8.56. The molecule has 1 fully saturated rings. The summed E-state index contributed by atoms with van der Waals surface area (Å²) >= 11 is 1.79. The van der Waals surface area contributed by atoms with E-state index in [4.69, 9.17) is 5.73 Å². The van der Waals surface area contributed by atoms with Gasteiger partial charge in [0.15, 0.2) is 0 Å². The molecule has 0 radical (unpaired) electrons. The fourth-order valence-electron chi connectivity index (χ4n) is 2.04. The van der Waals surface area contributed by atoms with Gasteiger partial charge in [-0.3, -0.25) is 4.79 Å². The number of hydrogen-bond donors (Lipinski definition) is 2. The van der Waals surface area contributed by atoms with Crippen LogP contribution in [0.4, 0.5) is 10.1 Å². The maximum absolute atomic E-state index is 13.2. The summed E-state index contributed by atoms with van der Waals surface area (Å²) < 4.78 is 13.4. The molecule has 1 aromatic rings. The van der Waals surface area contributed by atoms with Gasteiger partial charge in [0, 0.05) is 16.9 Å². The molecule has 0 aromatic heterocycles. The number of nitrogens with one attached hydrogen (secondary N) is 1. The Hall–Kier alpha value is -1.23. The number of carbonyl (C=O) groups excluding carboxylic acids is 1. The van der Waals surface area contributed by atoms with Crippen LogP contribution in [-0.2, 0) is 0 Å². The molecule has 98 valence electrons. The maximum atomic E-state index is 13.2. The zero-order valence-electron chi connectivity index (χ0n) is 10.3. The number of anilines is 1. The van der Waals surface area contributed by atoms with Gasteiger partial charge >= 0.3 is 0 Å². The lowest BCUT2D eigenvalue weighted by molar-refractivity contribution is 0.0943. The molecule has 2 rings (SSSR count). The van der Waals surface area contributed by atoms with Crippen LogP contribution in [0.1, 0.15) is 29.6 Å². The smallest absolute Gasteiger partial charge is 0.251 e. The molecule has 1 saturated carbocycles. The van der Waals surface area contributed by atoms with Crippen LogP contribution in [0.5, 0.6) is 0 Å². The SMILES string of the molecule is CSC1(CNC(=O)c2ccc(N)c(F)c2)CCC1. The van der Waals surface area contributed by atoms with Gasteiger partial charge < -0.3 is 11.1 Å². The van der Waals surface area contributed by atoms with Crippen LogP contribution in [0.3, 0.4) is 0 Å². The molecule has 1 amide bonds. The molecule has 0 bridgehead atoms. The highest BCUT2D eigenvalue weighted by molar-refractivity contribution is 8.00.